The van der Waals surface area contributed by atoms with Crippen LogP contribution >= 0.6 is 11.8 Å². The second kappa shape index (κ2) is 6.03. The molecular weight excluding hydrogens is 286 g/mol. The van der Waals surface area contributed by atoms with Crippen molar-refractivity contribution < 1.29 is 14.7 Å². The van der Waals surface area contributed by atoms with Crippen LogP contribution in [0.1, 0.15) is 32.6 Å². The van der Waals surface area contributed by atoms with E-state index >= 15 is 0 Å². The number of carboxylic acids is 1. The Hall–Kier alpha value is -0.970. The predicted molar refractivity (Wildman–Crippen MR) is 83.1 cm³/mol. The SMILES string of the molecule is CCSC1CCC(NC(=O)C2C3C=CC(C3)C2C(=O)O)C1. The highest BCUT2D eigenvalue weighted by molar-refractivity contribution is 7.99. The van der Waals surface area contributed by atoms with Gasteiger partial charge in [-0.2, -0.15) is 11.8 Å². The van der Waals surface area contributed by atoms with Crippen LogP contribution in [-0.2, 0) is 9.59 Å². The first-order valence-electron chi connectivity index (χ1n) is 7.93. The van der Waals surface area contributed by atoms with Gasteiger partial charge in [-0.1, -0.05) is 19.1 Å². The third kappa shape index (κ3) is 2.85. The van der Waals surface area contributed by atoms with Crippen LogP contribution in [0.2, 0.25) is 0 Å². The van der Waals surface area contributed by atoms with Crippen LogP contribution < -0.4 is 5.32 Å². The number of aliphatic carboxylic acids is 1. The molecule has 116 valence electrons. The summed E-state index contributed by atoms with van der Waals surface area (Å²) in [6.07, 6.45) is 8.06. The van der Waals surface area contributed by atoms with Gasteiger partial charge in [-0.25, -0.2) is 0 Å². The number of fused-ring (bicyclic) bond motifs is 2. The molecule has 0 saturated heterocycles. The molecule has 2 fully saturated rings. The number of nitrogens with one attached hydrogen (secondary N) is 1. The molecule has 0 aromatic carbocycles. The normalized spacial score (nSPS) is 40.6. The highest BCUT2D eigenvalue weighted by atomic mass is 32.2. The van der Waals surface area contributed by atoms with E-state index in [9.17, 15) is 14.7 Å². The molecule has 2 saturated carbocycles. The smallest absolute Gasteiger partial charge is 0.307 e. The van der Waals surface area contributed by atoms with Crippen molar-refractivity contribution in [1.29, 1.82) is 0 Å². The van der Waals surface area contributed by atoms with Gasteiger partial charge in [0.2, 0.25) is 5.91 Å². The number of thioether (sulfide) groups is 1. The standard InChI is InChI=1S/C16H23NO3S/c1-2-21-12-6-5-11(8-12)17-15(18)13-9-3-4-10(7-9)14(13)16(19)20/h3-4,9-14H,2,5-8H2,1H3,(H,17,18)(H,19,20). The Balaban J connectivity index is 1.61. The molecule has 0 spiro atoms. The van der Waals surface area contributed by atoms with Crippen molar-refractivity contribution in [3.63, 3.8) is 0 Å². The largest absolute Gasteiger partial charge is 0.481 e. The van der Waals surface area contributed by atoms with Gasteiger partial charge in [-0.15, -0.1) is 0 Å². The number of carbonyl (C=O) groups excluding carboxylic acids is 1. The Kier molecular flexibility index (Phi) is 4.29. The summed E-state index contributed by atoms with van der Waals surface area (Å²) >= 11 is 1.96. The van der Waals surface area contributed by atoms with E-state index in [1.807, 2.05) is 23.9 Å². The van der Waals surface area contributed by atoms with Crippen LogP contribution in [0.4, 0.5) is 0 Å². The maximum absolute atomic E-state index is 12.6. The van der Waals surface area contributed by atoms with E-state index in [2.05, 4.69) is 12.2 Å². The fraction of sp³-hybridized carbons (Fsp3) is 0.750. The fourth-order valence-electron chi connectivity index (χ4n) is 4.27. The van der Waals surface area contributed by atoms with Crippen LogP contribution in [0.15, 0.2) is 12.2 Å². The van der Waals surface area contributed by atoms with Gasteiger partial charge in [0.25, 0.3) is 0 Å². The van der Waals surface area contributed by atoms with Gasteiger partial charge >= 0.3 is 5.97 Å². The van der Waals surface area contributed by atoms with Crippen molar-refractivity contribution in [2.45, 2.75) is 43.9 Å². The zero-order valence-corrected chi connectivity index (χ0v) is 13.1. The van der Waals surface area contributed by atoms with Gasteiger partial charge in [-0.3, -0.25) is 9.59 Å². The Morgan fingerprint density at radius 3 is 2.57 bits per heavy atom. The van der Waals surface area contributed by atoms with E-state index in [-0.39, 0.29) is 29.7 Å². The molecular formula is C16H23NO3S. The maximum atomic E-state index is 12.6. The number of amides is 1. The molecule has 0 aromatic rings. The monoisotopic (exact) mass is 309 g/mol. The average Bonchev–Trinajstić information content (AvgIpc) is 3.13. The molecule has 1 amide bonds. The second-order valence-corrected chi connectivity index (χ2v) is 8.01. The summed E-state index contributed by atoms with van der Waals surface area (Å²) in [5.74, 6) is -0.459. The first kappa shape index (κ1) is 14.9. The first-order valence-corrected chi connectivity index (χ1v) is 8.98. The van der Waals surface area contributed by atoms with Gasteiger partial charge in [0.15, 0.2) is 0 Å². The van der Waals surface area contributed by atoms with Gasteiger partial charge in [-0.05, 0) is 43.3 Å². The molecule has 21 heavy (non-hydrogen) atoms. The molecule has 6 atom stereocenters. The second-order valence-electron chi connectivity index (χ2n) is 6.43. The summed E-state index contributed by atoms with van der Waals surface area (Å²) < 4.78 is 0. The van der Waals surface area contributed by atoms with Crippen molar-refractivity contribution in [1.82, 2.24) is 5.32 Å². The molecule has 2 N–H and O–H groups in total. The Morgan fingerprint density at radius 1 is 1.19 bits per heavy atom. The lowest BCUT2D eigenvalue weighted by Gasteiger charge is -2.25. The lowest BCUT2D eigenvalue weighted by atomic mass is 9.82. The lowest BCUT2D eigenvalue weighted by Crippen LogP contribution is -2.43. The summed E-state index contributed by atoms with van der Waals surface area (Å²) in [7, 11) is 0. The third-order valence-corrected chi connectivity index (χ3v) is 6.41. The molecule has 0 aromatic heterocycles. The molecule has 3 rings (SSSR count). The minimum atomic E-state index is -0.821. The molecule has 0 radical (unpaired) electrons. The molecule has 0 heterocycles. The predicted octanol–water partition coefficient (Wildman–Crippen LogP) is 2.30. The van der Waals surface area contributed by atoms with E-state index in [1.165, 1.54) is 0 Å². The zero-order valence-electron chi connectivity index (χ0n) is 12.3. The van der Waals surface area contributed by atoms with Crippen molar-refractivity contribution in [2.75, 3.05) is 5.75 Å². The molecule has 2 bridgehead atoms. The number of carboxylic acid groups (broad SMARTS) is 1. The van der Waals surface area contributed by atoms with Crippen molar-refractivity contribution in [2.24, 2.45) is 23.7 Å². The van der Waals surface area contributed by atoms with Crippen molar-refractivity contribution in [3.05, 3.63) is 12.2 Å². The molecule has 4 nitrogen and oxygen atoms in total. The van der Waals surface area contributed by atoms with Crippen molar-refractivity contribution >= 4 is 23.6 Å². The Labute approximate surface area is 129 Å². The van der Waals surface area contributed by atoms with E-state index in [1.54, 1.807) is 0 Å². The topological polar surface area (TPSA) is 66.4 Å². The summed E-state index contributed by atoms with van der Waals surface area (Å²) in [4.78, 5) is 24.0. The van der Waals surface area contributed by atoms with Crippen LogP contribution in [0, 0.1) is 23.7 Å². The van der Waals surface area contributed by atoms with Gasteiger partial charge in [0.05, 0.1) is 11.8 Å². The number of rotatable bonds is 5. The zero-order chi connectivity index (χ0) is 15.0. The highest BCUT2D eigenvalue weighted by Crippen LogP contribution is 2.48. The maximum Gasteiger partial charge on any atom is 0.307 e. The lowest BCUT2D eigenvalue weighted by molar-refractivity contribution is -0.148. The Morgan fingerprint density at radius 2 is 1.90 bits per heavy atom. The van der Waals surface area contributed by atoms with E-state index in [4.69, 9.17) is 0 Å². The third-order valence-electron chi connectivity index (χ3n) is 5.18. The number of hydrogen-bond acceptors (Lipinski definition) is 3. The van der Waals surface area contributed by atoms with E-state index < -0.39 is 11.9 Å². The minimum Gasteiger partial charge on any atom is -0.481 e. The average molecular weight is 309 g/mol. The molecule has 0 aliphatic heterocycles. The van der Waals surface area contributed by atoms with Crippen LogP contribution in [0.25, 0.3) is 0 Å². The number of allylic oxidation sites excluding steroid dienone is 2. The fourth-order valence-corrected chi connectivity index (χ4v) is 5.41. The Bertz CT molecular complexity index is 464. The van der Waals surface area contributed by atoms with Gasteiger partial charge in [0.1, 0.15) is 0 Å². The number of carbonyl (C=O) groups is 2. The van der Waals surface area contributed by atoms with Crippen molar-refractivity contribution in [3.8, 4) is 0 Å². The van der Waals surface area contributed by atoms with E-state index in [0.717, 1.165) is 31.4 Å². The highest BCUT2D eigenvalue weighted by Gasteiger charge is 2.51. The van der Waals surface area contributed by atoms with Gasteiger partial charge < -0.3 is 10.4 Å². The van der Waals surface area contributed by atoms with Gasteiger partial charge in [0, 0.05) is 11.3 Å². The summed E-state index contributed by atoms with van der Waals surface area (Å²) in [6.45, 7) is 2.16. The summed E-state index contributed by atoms with van der Waals surface area (Å²) in [5, 5.41) is 13.2. The first-order chi connectivity index (χ1) is 10.1. The minimum absolute atomic E-state index is 0.0357. The summed E-state index contributed by atoms with van der Waals surface area (Å²) in [5.41, 5.74) is 0. The molecule has 3 aliphatic rings. The summed E-state index contributed by atoms with van der Waals surface area (Å²) in [6, 6.07) is 0.235. The van der Waals surface area contributed by atoms with E-state index in [0.29, 0.717) is 5.25 Å². The molecule has 3 aliphatic carbocycles. The number of hydrogen-bond donors (Lipinski definition) is 2. The quantitative estimate of drug-likeness (QED) is 0.765. The van der Waals surface area contributed by atoms with Crippen LogP contribution in [0.3, 0.4) is 0 Å². The molecule has 5 heteroatoms. The molecule has 6 unspecified atom stereocenters. The van der Waals surface area contributed by atoms with Crippen LogP contribution in [-0.4, -0.2) is 34.0 Å². The van der Waals surface area contributed by atoms with Crippen LogP contribution in [0.5, 0.6) is 0 Å².